The Morgan fingerprint density at radius 3 is 2.58 bits per heavy atom. The van der Waals surface area contributed by atoms with Crippen LogP contribution in [0.5, 0.6) is 5.75 Å². The molecule has 5 nitrogen and oxygen atoms in total. The van der Waals surface area contributed by atoms with Gasteiger partial charge in [-0.2, -0.15) is 13.2 Å². The van der Waals surface area contributed by atoms with Gasteiger partial charge in [0.25, 0.3) is 0 Å². The topological polar surface area (TPSA) is 78.3 Å². The number of hydrogen-bond acceptors (Lipinski definition) is 5. The van der Waals surface area contributed by atoms with Gasteiger partial charge in [-0.1, -0.05) is 17.7 Å². The second-order valence-corrected chi connectivity index (χ2v) is 8.19. The summed E-state index contributed by atoms with van der Waals surface area (Å²) in [6, 6.07) is 1.10. The average molecular weight is 486 g/mol. The molecule has 1 aromatic heterocycles. The van der Waals surface area contributed by atoms with Crippen molar-refractivity contribution in [3.63, 3.8) is 0 Å². The molecular formula is C22H17ClF5N3O2. The van der Waals surface area contributed by atoms with Crippen LogP contribution in [0.15, 0.2) is 30.5 Å². The number of nitrogens with one attached hydrogen (secondary N) is 1. The van der Waals surface area contributed by atoms with Gasteiger partial charge in [0.2, 0.25) is 0 Å². The Balaban J connectivity index is 1.99. The summed E-state index contributed by atoms with van der Waals surface area (Å²) in [5.74, 6) is -2.84. The molecule has 0 unspecified atom stereocenters. The molecule has 0 bridgehead atoms. The number of hydrogen-bond donors (Lipinski definition) is 3. The van der Waals surface area contributed by atoms with Crippen molar-refractivity contribution in [1.29, 1.82) is 0 Å². The third-order valence-corrected chi connectivity index (χ3v) is 6.04. The number of aliphatic hydroxyl groups is 1. The summed E-state index contributed by atoms with van der Waals surface area (Å²) in [6.07, 6.45) is -3.43. The molecule has 0 spiro atoms. The van der Waals surface area contributed by atoms with Crippen molar-refractivity contribution >= 4 is 33.8 Å². The highest BCUT2D eigenvalue weighted by Crippen LogP contribution is 2.53. The number of anilines is 1. The van der Waals surface area contributed by atoms with Crippen molar-refractivity contribution in [2.24, 2.45) is 0 Å². The summed E-state index contributed by atoms with van der Waals surface area (Å²) in [6.45, 7) is 2.95. The number of nitrogens with zero attached hydrogens (tertiary/aromatic N) is 2. The molecule has 0 amide bonds. The van der Waals surface area contributed by atoms with Gasteiger partial charge < -0.3 is 15.5 Å². The maximum atomic E-state index is 14.3. The van der Waals surface area contributed by atoms with Crippen molar-refractivity contribution in [2.45, 2.75) is 38.1 Å². The maximum Gasteiger partial charge on any atom is 0.419 e. The van der Waals surface area contributed by atoms with Crippen LogP contribution >= 0.6 is 11.6 Å². The fourth-order valence-corrected chi connectivity index (χ4v) is 4.22. The summed E-state index contributed by atoms with van der Waals surface area (Å²) in [5, 5.41) is 23.2. The number of phenols is 1. The van der Waals surface area contributed by atoms with E-state index in [2.05, 4.69) is 15.3 Å². The fraction of sp³-hybridized carbons (Fsp3) is 0.273. The maximum absolute atomic E-state index is 14.3. The molecule has 0 aliphatic heterocycles. The molecule has 1 heterocycles. The minimum Gasteiger partial charge on any atom is -0.506 e. The summed E-state index contributed by atoms with van der Waals surface area (Å²) < 4.78 is 71.3. The average Bonchev–Trinajstić information content (AvgIpc) is 2.74. The lowest BCUT2D eigenvalue weighted by Crippen LogP contribution is -2.54. The predicted molar refractivity (Wildman–Crippen MR) is 113 cm³/mol. The molecule has 4 rings (SSSR count). The first-order chi connectivity index (χ1) is 15.4. The zero-order chi connectivity index (χ0) is 24.3. The molecule has 0 saturated carbocycles. The molecule has 3 aromatic rings. The van der Waals surface area contributed by atoms with Gasteiger partial charge in [-0.25, -0.2) is 18.7 Å². The SMILES string of the molecule is C/C=C1\C[C@](O)(C(F)(F)F)[C@H](Nc2cc(F)c(F)c3nc(C)ncc23)c2cc(Cl)c(O)cc21. The normalized spacial score (nSPS) is 22.0. The third kappa shape index (κ3) is 3.67. The van der Waals surface area contributed by atoms with E-state index in [1.165, 1.54) is 26.0 Å². The smallest absolute Gasteiger partial charge is 0.419 e. The van der Waals surface area contributed by atoms with Gasteiger partial charge in [-0.3, -0.25) is 0 Å². The quantitative estimate of drug-likeness (QED) is 0.398. The van der Waals surface area contributed by atoms with Crippen molar-refractivity contribution in [2.75, 3.05) is 5.32 Å². The first kappa shape index (κ1) is 23.2. The Morgan fingerprint density at radius 1 is 1.24 bits per heavy atom. The van der Waals surface area contributed by atoms with E-state index in [1.807, 2.05) is 0 Å². The van der Waals surface area contributed by atoms with Crippen LogP contribution in [0, 0.1) is 18.6 Å². The second-order valence-electron chi connectivity index (χ2n) is 7.78. The summed E-state index contributed by atoms with van der Waals surface area (Å²) >= 11 is 5.98. The van der Waals surface area contributed by atoms with E-state index in [-0.39, 0.29) is 44.4 Å². The number of allylic oxidation sites excluding steroid dienone is 1. The minimum atomic E-state index is -5.12. The Bertz CT molecular complexity index is 1310. The third-order valence-electron chi connectivity index (χ3n) is 5.74. The van der Waals surface area contributed by atoms with Crippen LogP contribution in [0.3, 0.4) is 0 Å². The number of halogens is 6. The van der Waals surface area contributed by atoms with Crippen LogP contribution in [0.1, 0.15) is 36.3 Å². The number of aromatic nitrogens is 2. The van der Waals surface area contributed by atoms with E-state index in [9.17, 15) is 32.2 Å². The molecule has 174 valence electrons. The van der Waals surface area contributed by atoms with Gasteiger partial charge in [-0.05, 0) is 42.7 Å². The minimum absolute atomic E-state index is 0.0766. The Hall–Kier alpha value is -2.98. The molecule has 1 aliphatic rings. The number of rotatable bonds is 2. The van der Waals surface area contributed by atoms with Crippen molar-refractivity contribution < 1.29 is 32.2 Å². The van der Waals surface area contributed by atoms with E-state index in [0.717, 1.165) is 12.3 Å². The van der Waals surface area contributed by atoms with Gasteiger partial charge >= 0.3 is 6.18 Å². The number of aromatic hydroxyl groups is 1. The molecule has 2 aromatic carbocycles. The number of phenolic OH excluding ortho intramolecular Hbond substituents is 1. The Kier molecular flexibility index (Phi) is 5.49. The Labute approximate surface area is 189 Å². The van der Waals surface area contributed by atoms with Crippen LogP contribution < -0.4 is 5.32 Å². The van der Waals surface area contributed by atoms with Gasteiger partial charge in [0.15, 0.2) is 17.2 Å². The molecule has 0 radical (unpaired) electrons. The number of alkyl halides is 3. The van der Waals surface area contributed by atoms with Gasteiger partial charge in [0, 0.05) is 29.8 Å². The first-order valence-corrected chi connectivity index (χ1v) is 10.1. The molecule has 11 heteroatoms. The molecule has 3 N–H and O–H groups in total. The van der Waals surface area contributed by atoms with Crippen LogP contribution in [0.25, 0.3) is 16.5 Å². The van der Waals surface area contributed by atoms with Crippen LogP contribution in [0.4, 0.5) is 27.6 Å². The number of fused-ring (bicyclic) bond motifs is 2. The molecule has 1 aliphatic carbocycles. The highest BCUT2D eigenvalue weighted by molar-refractivity contribution is 6.32. The van der Waals surface area contributed by atoms with Gasteiger partial charge in [-0.15, -0.1) is 0 Å². The monoisotopic (exact) mass is 485 g/mol. The number of aryl methyl sites for hydroxylation is 1. The zero-order valence-corrected chi connectivity index (χ0v) is 18.0. The molecule has 0 saturated heterocycles. The molecule has 0 fully saturated rings. The van der Waals surface area contributed by atoms with E-state index in [4.69, 9.17) is 11.6 Å². The lowest BCUT2D eigenvalue weighted by atomic mass is 9.73. The fourth-order valence-electron chi connectivity index (χ4n) is 4.05. The highest BCUT2D eigenvalue weighted by Gasteiger charge is 2.61. The van der Waals surface area contributed by atoms with Gasteiger partial charge in [0.1, 0.15) is 17.1 Å². The van der Waals surface area contributed by atoms with Crippen LogP contribution in [0.2, 0.25) is 5.02 Å². The molecule has 2 atom stereocenters. The standard InChI is InChI=1S/C22H17ClF5N3O2/c1-3-10-7-21(33,22(26,27)28)20(12-4-14(23)17(32)5-11(10)12)31-16-6-15(24)18(25)19-13(16)8-29-9(2)30-19/h3-6,8,20,31-33H,7H2,1-2H3/b10-3+/t20-,21-/m1/s1. The number of benzene rings is 2. The predicted octanol–water partition coefficient (Wildman–Crippen LogP) is 5.83. The molecular weight excluding hydrogens is 469 g/mol. The van der Waals surface area contributed by atoms with Crippen molar-refractivity contribution in [3.8, 4) is 5.75 Å². The first-order valence-electron chi connectivity index (χ1n) is 9.72. The van der Waals surface area contributed by atoms with E-state index >= 15 is 0 Å². The van der Waals surface area contributed by atoms with E-state index in [1.54, 1.807) is 0 Å². The van der Waals surface area contributed by atoms with Crippen molar-refractivity contribution in [3.05, 3.63) is 64.1 Å². The summed E-state index contributed by atoms with van der Waals surface area (Å²) in [5.41, 5.74) is -3.74. The molecule has 33 heavy (non-hydrogen) atoms. The van der Waals surface area contributed by atoms with Gasteiger partial charge in [0.05, 0.1) is 11.1 Å². The lowest BCUT2D eigenvalue weighted by molar-refractivity contribution is -0.265. The summed E-state index contributed by atoms with van der Waals surface area (Å²) in [7, 11) is 0. The van der Waals surface area contributed by atoms with Crippen molar-refractivity contribution in [1.82, 2.24) is 9.97 Å². The van der Waals surface area contributed by atoms with E-state index in [0.29, 0.717) is 6.07 Å². The highest BCUT2D eigenvalue weighted by atomic mass is 35.5. The van der Waals surface area contributed by atoms with Crippen LogP contribution in [-0.2, 0) is 0 Å². The van der Waals surface area contributed by atoms with Crippen LogP contribution in [-0.4, -0.2) is 32.0 Å². The Morgan fingerprint density at radius 2 is 1.94 bits per heavy atom. The van der Waals surface area contributed by atoms with E-state index < -0.39 is 41.4 Å². The largest absolute Gasteiger partial charge is 0.506 e. The second kappa shape index (κ2) is 7.81. The zero-order valence-electron chi connectivity index (χ0n) is 17.2. The summed E-state index contributed by atoms with van der Waals surface area (Å²) in [4.78, 5) is 7.78. The lowest BCUT2D eigenvalue weighted by Gasteiger charge is -2.44.